The van der Waals surface area contributed by atoms with E-state index in [0.717, 1.165) is 23.7 Å². The van der Waals surface area contributed by atoms with Gasteiger partial charge in [-0.3, -0.25) is 4.98 Å². The third kappa shape index (κ3) is 3.38. The fourth-order valence-corrected chi connectivity index (χ4v) is 3.81. The Bertz CT molecular complexity index is 613. The lowest BCUT2D eigenvalue weighted by Gasteiger charge is -2.39. The highest BCUT2D eigenvalue weighted by Gasteiger charge is 2.33. The van der Waals surface area contributed by atoms with Crippen LogP contribution in [-0.2, 0) is 6.54 Å². The Morgan fingerprint density at radius 2 is 2.14 bits per heavy atom. The van der Waals surface area contributed by atoms with Gasteiger partial charge in [0.1, 0.15) is 0 Å². The molecule has 21 heavy (non-hydrogen) atoms. The molecular weight excluding hydrogens is 280 g/mol. The maximum atomic E-state index is 6.28. The number of nitrogens with zero attached hydrogens (tertiary/aromatic N) is 1. The van der Waals surface area contributed by atoms with Crippen LogP contribution in [0.15, 0.2) is 36.4 Å². The maximum absolute atomic E-state index is 6.28. The fourth-order valence-electron chi connectivity index (χ4n) is 3.47. The first-order chi connectivity index (χ1) is 10.2. The molecular formula is C18H23ClN2. The Labute approximate surface area is 131 Å². The van der Waals surface area contributed by atoms with Gasteiger partial charge in [0, 0.05) is 23.3 Å². The molecule has 1 fully saturated rings. The zero-order valence-electron chi connectivity index (χ0n) is 12.6. The number of rotatable bonds is 4. The molecule has 0 saturated heterocycles. The molecule has 2 unspecified atom stereocenters. The van der Waals surface area contributed by atoms with Crippen LogP contribution in [0.4, 0.5) is 0 Å². The summed E-state index contributed by atoms with van der Waals surface area (Å²) >= 11 is 6.28. The molecule has 1 aromatic carbocycles. The van der Waals surface area contributed by atoms with E-state index in [1.807, 2.05) is 12.1 Å². The van der Waals surface area contributed by atoms with Crippen LogP contribution in [0.1, 0.15) is 38.3 Å². The highest BCUT2D eigenvalue weighted by molar-refractivity contribution is 6.18. The van der Waals surface area contributed by atoms with Gasteiger partial charge in [-0.05, 0) is 30.9 Å². The highest BCUT2D eigenvalue weighted by atomic mass is 35.5. The largest absolute Gasteiger partial charge is 0.304 e. The standard InChI is InChI=1S/C18H23ClN2/c1-14-5-4-10-18(11-14,13-19)20-12-16-9-8-15-6-2-3-7-17(15)21-16/h2-3,6-9,14,20H,4-5,10-13H2,1H3. The molecule has 1 aliphatic rings. The van der Waals surface area contributed by atoms with Gasteiger partial charge < -0.3 is 5.32 Å². The summed E-state index contributed by atoms with van der Waals surface area (Å²) in [5.74, 6) is 1.44. The normalized spacial score (nSPS) is 26.1. The van der Waals surface area contributed by atoms with Crippen molar-refractivity contribution in [2.24, 2.45) is 5.92 Å². The van der Waals surface area contributed by atoms with Crippen LogP contribution in [0.2, 0.25) is 0 Å². The average Bonchev–Trinajstić information content (AvgIpc) is 2.53. The minimum Gasteiger partial charge on any atom is -0.304 e. The lowest BCUT2D eigenvalue weighted by atomic mass is 9.77. The van der Waals surface area contributed by atoms with Gasteiger partial charge in [0.15, 0.2) is 0 Å². The number of para-hydroxylation sites is 1. The molecule has 1 aromatic heterocycles. The summed E-state index contributed by atoms with van der Waals surface area (Å²) in [6.45, 7) is 3.13. The van der Waals surface area contributed by atoms with Crippen molar-refractivity contribution in [2.75, 3.05) is 5.88 Å². The summed E-state index contributed by atoms with van der Waals surface area (Å²) in [6.07, 6.45) is 4.94. The Hall–Kier alpha value is -1.12. The second kappa shape index (κ2) is 6.33. The number of nitrogens with one attached hydrogen (secondary N) is 1. The van der Waals surface area contributed by atoms with Gasteiger partial charge in [-0.1, -0.05) is 44.0 Å². The molecule has 2 aromatic rings. The van der Waals surface area contributed by atoms with Crippen molar-refractivity contribution in [2.45, 2.75) is 44.7 Å². The average molecular weight is 303 g/mol. The van der Waals surface area contributed by atoms with Crippen molar-refractivity contribution >= 4 is 22.5 Å². The van der Waals surface area contributed by atoms with Gasteiger partial charge in [0.25, 0.3) is 0 Å². The van der Waals surface area contributed by atoms with Crippen LogP contribution < -0.4 is 5.32 Å². The van der Waals surface area contributed by atoms with E-state index >= 15 is 0 Å². The number of aromatic nitrogens is 1. The number of hydrogen-bond donors (Lipinski definition) is 1. The van der Waals surface area contributed by atoms with Crippen LogP contribution in [0, 0.1) is 5.92 Å². The van der Waals surface area contributed by atoms with E-state index in [4.69, 9.17) is 16.6 Å². The Morgan fingerprint density at radius 1 is 1.29 bits per heavy atom. The first kappa shape index (κ1) is 14.8. The van der Waals surface area contributed by atoms with Crippen LogP contribution >= 0.6 is 11.6 Å². The van der Waals surface area contributed by atoms with Crippen molar-refractivity contribution in [3.05, 3.63) is 42.1 Å². The Balaban J connectivity index is 1.72. The summed E-state index contributed by atoms with van der Waals surface area (Å²) in [6, 6.07) is 12.5. The van der Waals surface area contributed by atoms with E-state index < -0.39 is 0 Å². The predicted molar refractivity (Wildman–Crippen MR) is 89.7 cm³/mol. The van der Waals surface area contributed by atoms with Gasteiger partial charge in [-0.15, -0.1) is 11.6 Å². The quantitative estimate of drug-likeness (QED) is 0.840. The fraction of sp³-hybridized carbons (Fsp3) is 0.500. The van der Waals surface area contributed by atoms with Crippen LogP contribution in [0.3, 0.4) is 0 Å². The predicted octanol–water partition coefficient (Wildman–Crippen LogP) is 4.51. The number of halogens is 1. The minimum absolute atomic E-state index is 0.0898. The van der Waals surface area contributed by atoms with Crippen molar-refractivity contribution in [3.63, 3.8) is 0 Å². The molecule has 1 N–H and O–H groups in total. The number of pyridine rings is 1. The number of alkyl halides is 1. The van der Waals surface area contributed by atoms with Gasteiger partial charge in [-0.25, -0.2) is 0 Å². The van der Waals surface area contributed by atoms with Crippen LogP contribution in [0.25, 0.3) is 10.9 Å². The Morgan fingerprint density at radius 3 is 2.95 bits per heavy atom. The second-order valence-corrected chi connectivity index (χ2v) is 6.73. The van der Waals surface area contributed by atoms with E-state index in [9.17, 15) is 0 Å². The molecule has 0 amide bonds. The zero-order chi connectivity index (χ0) is 14.7. The van der Waals surface area contributed by atoms with Crippen LogP contribution in [-0.4, -0.2) is 16.4 Å². The van der Waals surface area contributed by atoms with Gasteiger partial charge >= 0.3 is 0 Å². The summed E-state index contributed by atoms with van der Waals surface area (Å²) in [4.78, 5) is 4.74. The third-order valence-electron chi connectivity index (χ3n) is 4.65. The smallest absolute Gasteiger partial charge is 0.0705 e. The second-order valence-electron chi connectivity index (χ2n) is 6.46. The molecule has 3 heteroatoms. The first-order valence-electron chi connectivity index (χ1n) is 7.86. The van der Waals surface area contributed by atoms with Gasteiger partial charge in [-0.2, -0.15) is 0 Å². The lowest BCUT2D eigenvalue weighted by Crippen LogP contribution is -2.49. The molecule has 2 atom stereocenters. The van der Waals surface area contributed by atoms with Gasteiger partial charge in [0.2, 0.25) is 0 Å². The van der Waals surface area contributed by atoms with Crippen LogP contribution in [0.5, 0.6) is 0 Å². The number of benzene rings is 1. The SMILES string of the molecule is CC1CCCC(CCl)(NCc2ccc3ccccc3n2)C1. The summed E-state index contributed by atoms with van der Waals surface area (Å²) in [5, 5.41) is 4.90. The molecule has 0 bridgehead atoms. The van der Waals surface area contributed by atoms with Crippen molar-refractivity contribution in [1.29, 1.82) is 0 Å². The summed E-state index contributed by atoms with van der Waals surface area (Å²) in [7, 11) is 0. The monoisotopic (exact) mass is 302 g/mol. The third-order valence-corrected chi connectivity index (χ3v) is 5.16. The van der Waals surface area contributed by atoms with Gasteiger partial charge in [0.05, 0.1) is 11.2 Å². The lowest BCUT2D eigenvalue weighted by molar-refractivity contribution is 0.207. The number of hydrogen-bond acceptors (Lipinski definition) is 2. The van der Waals surface area contributed by atoms with E-state index in [1.165, 1.54) is 31.1 Å². The summed E-state index contributed by atoms with van der Waals surface area (Å²) in [5.41, 5.74) is 2.25. The Kier molecular flexibility index (Phi) is 4.46. The molecule has 0 spiro atoms. The molecule has 2 nitrogen and oxygen atoms in total. The summed E-state index contributed by atoms with van der Waals surface area (Å²) < 4.78 is 0. The topological polar surface area (TPSA) is 24.9 Å². The molecule has 0 radical (unpaired) electrons. The molecule has 3 rings (SSSR count). The molecule has 1 aliphatic carbocycles. The van der Waals surface area contributed by atoms with Crippen molar-refractivity contribution in [1.82, 2.24) is 10.3 Å². The molecule has 112 valence electrons. The van der Waals surface area contributed by atoms with E-state index in [-0.39, 0.29) is 5.54 Å². The zero-order valence-corrected chi connectivity index (χ0v) is 13.4. The molecule has 1 saturated carbocycles. The van der Waals surface area contributed by atoms with Crippen molar-refractivity contribution in [3.8, 4) is 0 Å². The maximum Gasteiger partial charge on any atom is 0.0705 e. The molecule has 0 aliphatic heterocycles. The van der Waals surface area contributed by atoms with E-state index in [1.54, 1.807) is 0 Å². The van der Waals surface area contributed by atoms with E-state index in [2.05, 4.69) is 36.5 Å². The first-order valence-corrected chi connectivity index (χ1v) is 8.40. The van der Waals surface area contributed by atoms with Crippen molar-refractivity contribution < 1.29 is 0 Å². The minimum atomic E-state index is 0.0898. The highest BCUT2D eigenvalue weighted by Crippen LogP contribution is 2.33. The van der Waals surface area contributed by atoms with E-state index in [0.29, 0.717) is 5.88 Å². The molecule has 1 heterocycles. The number of fused-ring (bicyclic) bond motifs is 1.